The lowest BCUT2D eigenvalue weighted by molar-refractivity contribution is -0.116. The molecule has 9 heteroatoms. The van der Waals surface area contributed by atoms with Crippen LogP contribution in [0.5, 0.6) is 0 Å². The Morgan fingerprint density at radius 3 is 2.73 bits per heavy atom. The van der Waals surface area contributed by atoms with Gasteiger partial charge in [-0.2, -0.15) is 0 Å². The maximum atomic E-state index is 12.0. The Kier molecular flexibility index (Phi) is 6.58. The van der Waals surface area contributed by atoms with Crippen LogP contribution in [0.2, 0.25) is 8.67 Å². The fraction of sp³-hybridized carbons (Fsp3) is 0.235. The van der Waals surface area contributed by atoms with Crippen molar-refractivity contribution in [3.63, 3.8) is 0 Å². The van der Waals surface area contributed by atoms with E-state index in [-0.39, 0.29) is 17.8 Å². The minimum absolute atomic E-state index is 0.0505. The summed E-state index contributed by atoms with van der Waals surface area (Å²) in [6, 6.07) is 10.0. The normalized spacial score (nSPS) is 10.9. The molecule has 0 saturated carbocycles. The molecule has 0 fully saturated rings. The smallest absolute Gasteiger partial charge is 0.322 e. The Balaban J connectivity index is 1.45. The van der Waals surface area contributed by atoms with Crippen LogP contribution in [0.1, 0.15) is 18.4 Å². The molecule has 3 rings (SSSR count). The van der Waals surface area contributed by atoms with Crippen LogP contribution in [-0.2, 0) is 4.79 Å². The van der Waals surface area contributed by atoms with Gasteiger partial charge in [0.2, 0.25) is 5.91 Å². The van der Waals surface area contributed by atoms with E-state index in [9.17, 15) is 4.79 Å². The average molecular weight is 428 g/mol. The third-order valence-electron chi connectivity index (χ3n) is 3.40. The third kappa shape index (κ3) is 5.23. The molecule has 0 unspecified atom stereocenters. The number of aryl methyl sites for hydroxylation is 1. The van der Waals surface area contributed by atoms with E-state index < -0.39 is 0 Å². The molecule has 1 aromatic carbocycles. The number of aromatic nitrogens is 2. The van der Waals surface area contributed by atoms with E-state index >= 15 is 0 Å². The zero-order valence-corrected chi connectivity index (χ0v) is 16.9. The van der Waals surface area contributed by atoms with Gasteiger partial charge < -0.3 is 4.42 Å². The van der Waals surface area contributed by atoms with E-state index in [2.05, 4.69) is 46.7 Å². The van der Waals surface area contributed by atoms with E-state index in [1.807, 2.05) is 0 Å². The van der Waals surface area contributed by atoms with Gasteiger partial charge >= 0.3 is 6.01 Å². The van der Waals surface area contributed by atoms with Crippen LogP contribution < -0.4 is 5.32 Å². The van der Waals surface area contributed by atoms with Crippen LogP contribution in [-0.4, -0.2) is 21.9 Å². The topological polar surface area (TPSA) is 68.0 Å². The van der Waals surface area contributed by atoms with Crippen LogP contribution in [0, 0.1) is 6.92 Å². The molecule has 5 nitrogen and oxygen atoms in total. The molecule has 2 heterocycles. The second kappa shape index (κ2) is 8.90. The Hall–Kier alpha value is -1.54. The van der Waals surface area contributed by atoms with Crippen molar-refractivity contribution in [1.29, 1.82) is 0 Å². The van der Waals surface area contributed by atoms with E-state index in [1.165, 1.54) is 21.8 Å². The standard InChI is InChI=1S/C17H15Cl2N3O2S2/c1-10-4-6-11(7-5-10)25-8-2-3-14(23)20-17-22-21-16(24-17)12-9-13(18)26-15(12)19/h4-7,9H,2-3,8H2,1H3,(H,20,22,23). The van der Waals surface area contributed by atoms with Crippen molar-refractivity contribution >= 4 is 58.2 Å². The molecule has 1 N–H and O–H groups in total. The molecule has 2 aromatic heterocycles. The van der Waals surface area contributed by atoms with Gasteiger partial charge in [-0.15, -0.1) is 28.2 Å². The van der Waals surface area contributed by atoms with Crippen LogP contribution >= 0.6 is 46.3 Å². The molecular formula is C17H15Cl2N3O2S2. The minimum Gasteiger partial charge on any atom is -0.403 e. The Labute approximate surface area is 169 Å². The van der Waals surface area contributed by atoms with Crippen molar-refractivity contribution in [1.82, 2.24) is 10.2 Å². The van der Waals surface area contributed by atoms with Crippen LogP contribution in [0.4, 0.5) is 6.01 Å². The number of rotatable bonds is 7. The van der Waals surface area contributed by atoms with Crippen molar-refractivity contribution in [3.8, 4) is 11.5 Å². The lowest BCUT2D eigenvalue weighted by Crippen LogP contribution is -2.11. The van der Waals surface area contributed by atoms with Gasteiger partial charge in [0, 0.05) is 11.3 Å². The van der Waals surface area contributed by atoms with Crippen LogP contribution in [0.3, 0.4) is 0 Å². The van der Waals surface area contributed by atoms with E-state index in [1.54, 1.807) is 17.8 Å². The SMILES string of the molecule is Cc1ccc(SCCCC(=O)Nc2nnc(-c3cc(Cl)sc3Cl)o2)cc1. The third-order valence-corrected chi connectivity index (χ3v) is 5.98. The number of carbonyl (C=O) groups excluding carboxylic acids is 1. The molecular weight excluding hydrogens is 413 g/mol. The molecule has 0 aliphatic rings. The summed E-state index contributed by atoms with van der Waals surface area (Å²) in [5, 5.41) is 10.3. The molecule has 0 spiro atoms. The summed E-state index contributed by atoms with van der Waals surface area (Å²) < 4.78 is 6.42. The highest BCUT2D eigenvalue weighted by Crippen LogP contribution is 2.37. The second-order valence-corrected chi connectivity index (χ2v) is 8.92. The number of thioether (sulfide) groups is 1. The summed E-state index contributed by atoms with van der Waals surface area (Å²) in [6.07, 6.45) is 1.12. The predicted octanol–water partition coefficient (Wildman–Crippen LogP) is 5.92. The summed E-state index contributed by atoms with van der Waals surface area (Å²) in [5.41, 5.74) is 1.79. The number of nitrogens with zero attached hydrogens (tertiary/aromatic N) is 2. The molecule has 26 heavy (non-hydrogen) atoms. The van der Waals surface area contributed by atoms with Crippen molar-refractivity contribution in [3.05, 3.63) is 44.6 Å². The number of nitrogens with one attached hydrogen (secondary N) is 1. The first-order valence-electron chi connectivity index (χ1n) is 7.79. The predicted molar refractivity (Wildman–Crippen MR) is 107 cm³/mol. The summed E-state index contributed by atoms with van der Waals surface area (Å²) >= 11 is 14.9. The average Bonchev–Trinajstić information content (AvgIpc) is 3.19. The maximum Gasteiger partial charge on any atom is 0.322 e. The number of hydrogen-bond donors (Lipinski definition) is 1. The van der Waals surface area contributed by atoms with Gasteiger partial charge in [0.25, 0.3) is 5.89 Å². The van der Waals surface area contributed by atoms with E-state index in [0.717, 1.165) is 12.2 Å². The molecule has 0 aliphatic heterocycles. The zero-order valence-electron chi connectivity index (χ0n) is 13.8. The van der Waals surface area contributed by atoms with Gasteiger partial charge in [0.15, 0.2) is 0 Å². The fourth-order valence-corrected chi connectivity index (χ4v) is 4.41. The monoisotopic (exact) mass is 427 g/mol. The Morgan fingerprint density at radius 1 is 1.27 bits per heavy atom. The number of anilines is 1. The first kappa shape index (κ1) is 19.2. The van der Waals surface area contributed by atoms with Gasteiger partial charge in [-0.1, -0.05) is 46.0 Å². The number of hydrogen-bond acceptors (Lipinski definition) is 6. The molecule has 0 saturated heterocycles. The molecule has 136 valence electrons. The number of amides is 1. The first-order chi connectivity index (χ1) is 12.5. The van der Waals surface area contributed by atoms with Crippen molar-refractivity contribution in [2.24, 2.45) is 0 Å². The largest absolute Gasteiger partial charge is 0.403 e. The lowest BCUT2D eigenvalue weighted by Gasteiger charge is -2.02. The summed E-state index contributed by atoms with van der Waals surface area (Å²) in [4.78, 5) is 13.2. The lowest BCUT2D eigenvalue weighted by atomic mass is 10.2. The van der Waals surface area contributed by atoms with Gasteiger partial charge in [0.1, 0.15) is 4.34 Å². The van der Waals surface area contributed by atoms with Gasteiger partial charge in [-0.05, 0) is 37.3 Å². The van der Waals surface area contributed by atoms with Crippen molar-refractivity contribution in [2.75, 3.05) is 11.1 Å². The molecule has 0 atom stereocenters. The van der Waals surface area contributed by atoms with E-state index in [0.29, 0.717) is 20.7 Å². The highest BCUT2D eigenvalue weighted by Gasteiger charge is 2.16. The quantitative estimate of drug-likeness (QED) is 0.374. The maximum absolute atomic E-state index is 12.0. The number of halogens is 2. The molecule has 1 amide bonds. The van der Waals surface area contributed by atoms with Crippen molar-refractivity contribution < 1.29 is 9.21 Å². The Morgan fingerprint density at radius 2 is 2.04 bits per heavy atom. The number of thiophene rings is 1. The second-order valence-electron chi connectivity index (χ2n) is 5.46. The number of benzene rings is 1. The highest BCUT2D eigenvalue weighted by molar-refractivity contribution is 7.99. The first-order valence-corrected chi connectivity index (χ1v) is 10.3. The molecule has 3 aromatic rings. The summed E-state index contributed by atoms with van der Waals surface area (Å²) in [5.74, 6) is 0.914. The number of carbonyl (C=O) groups is 1. The van der Waals surface area contributed by atoms with Crippen molar-refractivity contribution in [2.45, 2.75) is 24.7 Å². The van der Waals surface area contributed by atoms with Gasteiger partial charge in [-0.3, -0.25) is 10.1 Å². The molecule has 0 radical (unpaired) electrons. The van der Waals surface area contributed by atoms with E-state index in [4.69, 9.17) is 27.6 Å². The summed E-state index contributed by atoms with van der Waals surface area (Å²) in [7, 11) is 0. The molecule has 0 aliphatic carbocycles. The molecule has 0 bridgehead atoms. The van der Waals surface area contributed by atoms with Gasteiger partial charge in [0.05, 0.1) is 9.90 Å². The Bertz CT molecular complexity index is 894. The minimum atomic E-state index is -0.167. The zero-order chi connectivity index (χ0) is 18.5. The highest BCUT2D eigenvalue weighted by atomic mass is 35.5. The van der Waals surface area contributed by atoms with Crippen LogP contribution in [0.25, 0.3) is 11.5 Å². The fourth-order valence-electron chi connectivity index (χ4n) is 2.11. The summed E-state index contributed by atoms with van der Waals surface area (Å²) in [6.45, 7) is 2.06. The van der Waals surface area contributed by atoms with Crippen LogP contribution in [0.15, 0.2) is 39.6 Å². The van der Waals surface area contributed by atoms with Gasteiger partial charge in [-0.25, -0.2) is 0 Å².